The topological polar surface area (TPSA) is 90.1 Å². The summed E-state index contributed by atoms with van der Waals surface area (Å²) in [5, 5.41) is 6.46. The Morgan fingerprint density at radius 1 is 1.19 bits per heavy atom. The monoisotopic (exact) mass is 367 g/mol. The van der Waals surface area contributed by atoms with Crippen molar-refractivity contribution >= 4 is 11.8 Å². The second-order valence-electron chi connectivity index (χ2n) is 7.24. The summed E-state index contributed by atoms with van der Waals surface area (Å²) in [7, 11) is 0. The van der Waals surface area contributed by atoms with Gasteiger partial charge in [0.15, 0.2) is 0 Å². The van der Waals surface area contributed by atoms with Gasteiger partial charge in [-0.2, -0.15) is 0 Å². The van der Waals surface area contributed by atoms with Crippen LogP contribution in [0.5, 0.6) is 0 Å². The highest BCUT2D eigenvalue weighted by Gasteiger charge is 2.41. The molecule has 1 saturated heterocycles. The summed E-state index contributed by atoms with van der Waals surface area (Å²) in [6, 6.07) is 9.06. The maximum absolute atomic E-state index is 12.5. The molecule has 7 heteroatoms. The molecular formula is C20H25N5O2. The highest BCUT2D eigenvalue weighted by Crippen LogP contribution is 2.35. The summed E-state index contributed by atoms with van der Waals surface area (Å²) in [5.74, 6) is -0.0465. The van der Waals surface area contributed by atoms with Crippen LogP contribution in [0.25, 0.3) is 0 Å². The molecule has 2 aliphatic heterocycles. The lowest BCUT2D eigenvalue weighted by Gasteiger charge is -2.44. The molecule has 1 spiro atoms. The van der Waals surface area contributed by atoms with E-state index < -0.39 is 0 Å². The first-order valence-corrected chi connectivity index (χ1v) is 9.57. The minimum atomic E-state index is -0.140. The Kier molecular flexibility index (Phi) is 4.94. The van der Waals surface area contributed by atoms with Gasteiger partial charge in [-0.1, -0.05) is 18.2 Å². The highest BCUT2D eigenvalue weighted by atomic mass is 16.2. The van der Waals surface area contributed by atoms with Crippen molar-refractivity contribution in [2.45, 2.75) is 31.2 Å². The van der Waals surface area contributed by atoms with E-state index in [-0.39, 0.29) is 17.4 Å². The Morgan fingerprint density at radius 2 is 1.96 bits per heavy atom. The third-order valence-electron chi connectivity index (χ3n) is 5.64. The molecule has 0 saturated carbocycles. The lowest BCUT2D eigenvalue weighted by Crippen LogP contribution is -2.55. The molecule has 0 unspecified atom stereocenters. The van der Waals surface area contributed by atoms with Gasteiger partial charge in [0, 0.05) is 50.3 Å². The summed E-state index contributed by atoms with van der Waals surface area (Å²) in [6.07, 6.45) is 4.81. The van der Waals surface area contributed by atoms with E-state index in [2.05, 4.69) is 20.6 Å². The van der Waals surface area contributed by atoms with E-state index in [4.69, 9.17) is 0 Å². The third-order valence-corrected chi connectivity index (χ3v) is 5.64. The van der Waals surface area contributed by atoms with Crippen molar-refractivity contribution in [2.24, 2.45) is 0 Å². The van der Waals surface area contributed by atoms with Crippen LogP contribution >= 0.6 is 0 Å². The Labute approximate surface area is 158 Å². The van der Waals surface area contributed by atoms with E-state index in [0.29, 0.717) is 31.6 Å². The van der Waals surface area contributed by atoms with Gasteiger partial charge in [0.1, 0.15) is 0 Å². The third kappa shape index (κ3) is 3.60. The van der Waals surface area contributed by atoms with Crippen LogP contribution in [-0.2, 0) is 16.8 Å². The minimum absolute atomic E-state index is 0.0938. The molecule has 1 aromatic heterocycles. The number of amides is 2. The Hall–Kier alpha value is -2.67. The van der Waals surface area contributed by atoms with Gasteiger partial charge in [-0.3, -0.25) is 9.59 Å². The Bertz CT molecular complexity index is 809. The maximum Gasteiger partial charge on any atom is 0.251 e. The summed E-state index contributed by atoms with van der Waals surface area (Å²) >= 11 is 0. The first-order valence-electron chi connectivity index (χ1n) is 9.57. The molecule has 142 valence electrons. The number of imidazole rings is 1. The fourth-order valence-electron chi connectivity index (χ4n) is 4.12. The number of fused-ring (bicyclic) bond motifs is 2. The molecule has 2 aliphatic rings. The highest BCUT2D eigenvalue weighted by molar-refractivity contribution is 5.94. The Balaban J connectivity index is 1.27. The molecule has 1 fully saturated rings. The van der Waals surface area contributed by atoms with Crippen LogP contribution in [0.15, 0.2) is 36.7 Å². The molecule has 2 amide bonds. The molecule has 1 aromatic carbocycles. The van der Waals surface area contributed by atoms with Gasteiger partial charge >= 0.3 is 0 Å². The molecule has 3 heterocycles. The number of benzene rings is 1. The molecule has 2 aromatic rings. The lowest BCUT2D eigenvalue weighted by molar-refractivity contribution is -0.132. The normalized spacial score (nSPS) is 18.1. The van der Waals surface area contributed by atoms with Crippen LogP contribution in [0, 0.1) is 0 Å². The molecule has 0 bridgehead atoms. The predicted octanol–water partition coefficient (Wildman–Crippen LogP) is 1.19. The van der Waals surface area contributed by atoms with Gasteiger partial charge in [0.25, 0.3) is 5.91 Å². The number of piperidine rings is 1. The van der Waals surface area contributed by atoms with Crippen molar-refractivity contribution in [3.63, 3.8) is 0 Å². The minimum Gasteiger partial charge on any atom is -0.352 e. The van der Waals surface area contributed by atoms with Gasteiger partial charge in [0.2, 0.25) is 5.91 Å². The number of aromatic amines is 1. The smallest absolute Gasteiger partial charge is 0.251 e. The van der Waals surface area contributed by atoms with E-state index in [1.54, 1.807) is 18.5 Å². The lowest BCUT2D eigenvalue weighted by atomic mass is 9.80. The van der Waals surface area contributed by atoms with Gasteiger partial charge in [0.05, 0.1) is 17.6 Å². The van der Waals surface area contributed by atoms with E-state index in [1.807, 2.05) is 23.1 Å². The summed E-state index contributed by atoms with van der Waals surface area (Å²) in [4.78, 5) is 34.2. The SMILES string of the molecule is O=C(NCCC(=O)N1CCC2(CC1)NCCc1[nH]cnc12)c1ccccc1. The van der Waals surface area contributed by atoms with Gasteiger partial charge in [-0.15, -0.1) is 0 Å². The maximum atomic E-state index is 12.5. The van der Waals surface area contributed by atoms with E-state index >= 15 is 0 Å². The number of carbonyl (C=O) groups is 2. The van der Waals surface area contributed by atoms with Crippen LogP contribution in [0.4, 0.5) is 0 Å². The fraction of sp³-hybridized carbons (Fsp3) is 0.450. The molecular weight excluding hydrogens is 342 g/mol. The summed E-state index contributed by atoms with van der Waals surface area (Å²) in [6.45, 7) is 2.72. The number of hydrogen-bond donors (Lipinski definition) is 3. The molecule has 4 rings (SSSR count). The van der Waals surface area contributed by atoms with Gasteiger partial charge in [-0.05, 0) is 25.0 Å². The van der Waals surface area contributed by atoms with E-state index in [1.165, 1.54) is 5.69 Å². The predicted molar refractivity (Wildman–Crippen MR) is 101 cm³/mol. The summed E-state index contributed by atoms with van der Waals surface area (Å²) in [5.41, 5.74) is 2.85. The van der Waals surface area contributed by atoms with Crippen molar-refractivity contribution < 1.29 is 9.59 Å². The molecule has 0 radical (unpaired) electrons. The van der Waals surface area contributed by atoms with Crippen LogP contribution in [0.2, 0.25) is 0 Å². The number of nitrogens with zero attached hydrogens (tertiary/aromatic N) is 2. The number of H-pyrrole nitrogens is 1. The second-order valence-corrected chi connectivity index (χ2v) is 7.24. The number of hydrogen-bond acceptors (Lipinski definition) is 4. The van der Waals surface area contributed by atoms with Crippen molar-refractivity contribution in [1.29, 1.82) is 0 Å². The van der Waals surface area contributed by atoms with Crippen molar-refractivity contribution in [1.82, 2.24) is 25.5 Å². The second kappa shape index (κ2) is 7.52. The first-order chi connectivity index (χ1) is 13.2. The molecule has 7 nitrogen and oxygen atoms in total. The molecule has 0 atom stereocenters. The van der Waals surface area contributed by atoms with Crippen LogP contribution in [0.1, 0.15) is 41.0 Å². The van der Waals surface area contributed by atoms with Gasteiger partial charge < -0.3 is 20.5 Å². The standard InChI is InChI=1S/C20H25N5O2/c26-17(7-10-21-19(27)15-4-2-1-3-5-15)25-12-8-20(9-13-25)18-16(6-11-24-20)22-14-23-18/h1-5,14,24H,6-13H2,(H,21,27)(H,22,23). The zero-order valence-corrected chi connectivity index (χ0v) is 15.3. The number of likely N-dealkylation sites (tertiary alicyclic amines) is 1. The van der Waals surface area contributed by atoms with Crippen molar-refractivity contribution in [3.05, 3.63) is 53.6 Å². The van der Waals surface area contributed by atoms with E-state index in [9.17, 15) is 9.59 Å². The van der Waals surface area contributed by atoms with Gasteiger partial charge in [-0.25, -0.2) is 4.98 Å². The fourth-order valence-corrected chi connectivity index (χ4v) is 4.12. The zero-order chi connectivity index (χ0) is 18.7. The largest absolute Gasteiger partial charge is 0.352 e. The summed E-state index contributed by atoms with van der Waals surface area (Å²) < 4.78 is 0. The average molecular weight is 367 g/mol. The number of nitrogens with one attached hydrogen (secondary N) is 3. The Morgan fingerprint density at radius 3 is 2.74 bits per heavy atom. The first kappa shape index (κ1) is 17.7. The average Bonchev–Trinajstić information content (AvgIpc) is 3.20. The number of aromatic nitrogens is 2. The quantitative estimate of drug-likeness (QED) is 0.757. The number of rotatable bonds is 4. The van der Waals surface area contributed by atoms with Crippen molar-refractivity contribution in [2.75, 3.05) is 26.2 Å². The molecule has 3 N–H and O–H groups in total. The zero-order valence-electron chi connectivity index (χ0n) is 15.3. The molecule has 27 heavy (non-hydrogen) atoms. The van der Waals surface area contributed by atoms with Crippen molar-refractivity contribution in [3.8, 4) is 0 Å². The van der Waals surface area contributed by atoms with Crippen LogP contribution < -0.4 is 10.6 Å². The van der Waals surface area contributed by atoms with E-state index in [0.717, 1.165) is 31.5 Å². The van der Waals surface area contributed by atoms with Crippen LogP contribution in [0.3, 0.4) is 0 Å². The number of carbonyl (C=O) groups excluding carboxylic acids is 2. The van der Waals surface area contributed by atoms with Crippen LogP contribution in [-0.4, -0.2) is 52.9 Å². The molecule has 0 aliphatic carbocycles.